The van der Waals surface area contributed by atoms with Crippen molar-refractivity contribution >= 4 is 39.4 Å². The van der Waals surface area contributed by atoms with Gasteiger partial charge in [-0.2, -0.15) is 0 Å². The molecule has 2 aromatic rings. The van der Waals surface area contributed by atoms with Gasteiger partial charge in [0.15, 0.2) is 17.3 Å². The van der Waals surface area contributed by atoms with Gasteiger partial charge in [0.05, 0.1) is 11.6 Å². The quantitative estimate of drug-likeness (QED) is 0.628. The van der Waals surface area contributed by atoms with Crippen LogP contribution in [-0.2, 0) is 0 Å². The average Bonchev–Trinajstić information content (AvgIpc) is 2.48. The van der Waals surface area contributed by atoms with Crippen molar-refractivity contribution in [3.05, 3.63) is 63.1 Å². The van der Waals surface area contributed by atoms with Crippen LogP contribution in [0.25, 0.3) is 6.08 Å². The molecule has 108 valence electrons. The third kappa shape index (κ3) is 3.86. The Labute approximate surface area is 135 Å². The second kappa shape index (κ2) is 6.78. The molecule has 0 aliphatic heterocycles. The van der Waals surface area contributed by atoms with Gasteiger partial charge in [-0.05, 0) is 64.0 Å². The predicted molar refractivity (Wildman–Crippen MR) is 87.2 cm³/mol. The maximum absolute atomic E-state index is 12.0. The fraction of sp³-hybridized carbons (Fsp3) is 0.0625. The van der Waals surface area contributed by atoms with Crippen LogP contribution in [0.1, 0.15) is 15.9 Å². The van der Waals surface area contributed by atoms with Crippen molar-refractivity contribution in [2.24, 2.45) is 0 Å². The minimum atomic E-state index is -0.130. The Morgan fingerprint density at radius 3 is 2.57 bits per heavy atom. The molecule has 0 aliphatic carbocycles. The lowest BCUT2D eigenvalue weighted by atomic mass is 10.1. The van der Waals surface area contributed by atoms with Gasteiger partial charge in [0.2, 0.25) is 0 Å². The zero-order valence-corrected chi connectivity index (χ0v) is 13.5. The molecule has 2 rings (SSSR count). The molecule has 0 saturated carbocycles. The number of halogens is 2. The lowest BCUT2D eigenvalue weighted by Crippen LogP contribution is -1.93. The van der Waals surface area contributed by atoms with Crippen molar-refractivity contribution in [1.82, 2.24) is 0 Å². The summed E-state index contributed by atoms with van der Waals surface area (Å²) < 4.78 is 5.56. The molecule has 0 heterocycles. The molecule has 0 radical (unpaired) electrons. The van der Waals surface area contributed by atoms with E-state index < -0.39 is 0 Å². The molecular formula is C16H12BrClO3. The summed E-state index contributed by atoms with van der Waals surface area (Å²) >= 11 is 9.02. The van der Waals surface area contributed by atoms with Crippen LogP contribution in [0.3, 0.4) is 0 Å². The van der Waals surface area contributed by atoms with Gasteiger partial charge in [-0.1, -0.05) is 17.7 Å². The van der Waals surface area contributed by atoms with Crippen molar-refractivity contribution in [2.45, 2.75) is 0 Å². The van der Waals surface area contributed by atoms with E-state index in [4.69, 9.17) is 16.3 Å². The summed E-state index contributed by atoms with van der Waals surface area (Å²) in [5.74, 6) is 0.233. The molecule has 0 bridgehead atoms. The summed E-state index contributed by atoms with van der Waals surface area (Å²) in [5.41, 5.74) is 1.29. The summed E-state index contributed by atoms with van der Waals surface area (Å²) in [6.45, 7) is 0. The molecule has 0 spiro atoms. The number of benzene rings is 2. The number of hydrogen-bond acceptors (Lipinski definition) is 3. The predicted octanol–water partition coefficient (Wildman–Crippen LogP) is 4.71. The van der Waals surface area contributed by atoms with Gasteiger partial charge in [-0.25, -0.2) is 0 Å². The molecule has 0 saturated heterocycles. The highest BCUT2D eigenvalue weighted by atomic mass is 79.9. The molecule has 21 heavy (non-hydrogen) atoms. The molecule has 0 aromatic heterocycles. The molecule has 3 nitrogen and oxygen atoms in total. The second-order valence-corrected chi connectivity index (χ2v) is 5.55. The number of allylic oxidation sites excluding steroid dienone is 1. The van der Waals surface area contributed by atoms with Gasteiger partial charge in [-0.15, -0.1) is 0 Å². The minimum Gasteiger partial charge on any atom is -0.503 e. The average molecular weight is 368 g/mol. The molecule has 0 aliphatic rings. The SMILES string of the molecule is COc1cc(/C=C/C(=O)c2ccc(Cl)cc2)cc(Br)c1O. The van der Waals surface area contributed by atoms with Crippen molar-refractivity contribution in [3.63, 3.8) is 0 Å². The maximum Gasteiger partial charge on any atom is 0.185 e. The zero-order valence-electron chi connectivity index (χ0n) is 11.1. The van der Waals surface area contributed by atoms with Gasteiger partial charge in [0.1, 0.15) is 0 Å². The minimum absolute atomic E-state index is 0.0266. The number of methoxy groups -OCH3 is 1. The summed E-state index contributed by atoms with van der Waals surface area (Å²) in [4.78, 5) is 12.0. The summed E-state index contributed by atoms with van der Waals surface area (Å²) in [7, 11) is 1.47. The Kier molecular flexibility index (Phi) is 5.04. The van der Waals surface area contributed by atoms with E-state index in [1.165, 1.54) is 13.2 Å². The van der Waals surface area contributed by atoms with E-state index in [1.807, 2.05) is 0 Å². The highest BCUT2D eigenvalue weighted by molar-refractivity contribution is 9.10. The normalized spacial score (nSPS) is 10.8. The number of rotatable bonds is 4. The lowest BCUT2D eigenvalue weighted by Gasteiger charge is -2.06. The van der Waals surface area contributed by atoms with E-state index in [0.29, 0.717) is 20.8 Å². The highest BCUT2D eigenvalue weighted by Crippen LogP contribution is 2.35. The van der Waals surface area contributed by atoms with Gasteiger partial charge < -0.3 is 9.84 Å². The molecule has 0 atom stereocenters. The highest BCUT2D eigenvalue weighted by Gasteiger charge is 2.07. The first-order chi connectivity index (χ1) is 10.0. The number of carbonyl (C=O) groups is 1. The van der Waals surface area contributed by atoms with E-state index in [2.05, 4.69) is 15.9 Å². The van der Waals surface area contributed by atoms with E-state index in [1.54, 1.807) is 42.5 Å². The van der Waals surface area contributed by atoms with Crippen LogP contribution in [-0.4, -0.2) is 18.0 Å². The fourth-order valence-corrected chi connectivity index (χ4v) is 2.31. The standard InChI is InChI=1S/C16H12BrClO3/c1-21-15-9-10(8-13(17)16(15)20)2-7-14(19)11-3-5-12(18)6-4-11/h2-9,20H,1H3/b7-2+. The van der Waals surface area contributed by atoms with Crippen LogP contribution in [0.5, 0.6) is 11.5 Å². The van der Waals surface area contributed by atoms with Crippen LogP contribution in [0.15, 0.2) is 46.9 Å². The van der Waals surface area contributed by atoms with Gasteiger partial charge in [0, 0.05) is 10.6 Å². The summed E-state index contributed by atoms with van der Waals surface area (Å²) in [5, 5.41) is 10.3. The van der Waals surface area contributed by atoms with Crippen LogP contribution >= 0.6 is 27.5 Å². The monoisotopic (exact) mass is 366 g/mol. The van der Waals surface area contributed by atoms with Crippen LogP contribution in [0.4, 0.5) is 0 Å². The van der Waals surface area contributed by atoms with Gasteiger partial charge in [-0.3, -0.25) is 4.79 Å². The number of phenolic OH excluding ortho intramolecular Hbond substituents is 1. The first-order valence-corrected chi connectivity index (χ1v) is 7.23. The van der Waals surface area contributed by atoms with Crippen LogP contribution < -0.4 is 4.74 Å². The fourth-order valence-electron chi connectivity index (χ4n) is 1.73. The molecule has 0 unspecified atom stereocenters. The topological polar surface area (TPSA) is 46.5 Å². The van der Waals surface area contributed by atoms with Crippen LogP contribution in [0.2, 0.25) is 5.02 Å². The largest absolute Gasteiger partial charge is 0.503 e. The van der Waals surface area contributed by atoms with Crippen LogP contribution in [0, 0.1) is 0 Å². The first kappa shape index (κ1) is 15.6. The molecule has 0 amide bonds. The number of phenols is 1. The molecule has 1 N–H and O–H groups in total. The number of aromatic hydroxyl groups is 1. The second-order valence-electron chi connectivity index (χ2n) is 4.26. The third-order valence-electron chi connectivity index (χ3n) is 2.83. The zero-order chi connectivity index (χ0) is 15.4. The molecular weight excluding hydrogens is 356 g/mol. The van der Waals surface area contributed by atoms with Crippen molar-refractivity contribution in [2.75, 3.05) is 7.11 Å². The number of carbonyl (C=O) groups excluding carboxylic acids is 1. The maximum atomic E-state index is 12.0. The number of ketones is 1. The Bertz CT molecular complexity index is 693. The number of hydrogen-bond donors (Lipinski definition) is 1. The Hall–Kier alpha value is -1.78. The first-order valence-electron chi connectivity index (χ1n) is 6.05. The summed E-state index contributed by atoms with van der Waals surface area (Å²) in [6.07, 6.45) is 3.12. The summed E-state index contributed by atoms with van der Waals surface area (Å²) in [6, 6.07) is 10.0. The van der Waals surface area contributed by atoms with Crippen molar-refractivity contribution < 1.29 is 14.6 Å². The van der Waals surface area contributed by atoms with Gasteiger partial charge >= 0.3 is 0 Å². The molecule has 2 aromatic carbocycles. The van der Waals surface area contributed by atoms with Crippen molar-refractivity contribution in [3.8, 4) is 11.5 Å². The molecule has 0 fully saturated rings. The smallest absolute Gasteiger partial charge is 0.185 e. The van der Waals surface area contributed by atoms with E-state index in [-0.39, 0.29) is 11.5 Å². The molecule has 5 heteroatoms. The van der Waals surface area contributed by atoms with E-state index >= 15 is 0 Å². The Balaban J connectivity index is 2.23. The number of ether oxygens (including phenoxy) is 1. The van der Waals surface area contributed by atoms with E-state index in [9.17, 15) is 9.90 Å². The van der Waals surface area contributed by atoms with Gasteiger partial charge in [0.25, 0.3) is 0 Å². The Morgan fingerprint density at radius 1 is 1.29 bits per heavy atom. The van der Waals surface area contributed by atoms with E-state index in [0.717, 1.165) is 5.56 Å². The van der Waals surface area contributed by atoms with Crippen molar-refractivity contribution in [1.29, 1.82) is 0 Å². The Morgan fingerprint density at radius 2 is 1.95 bits per heavy atom. The lowest BCUT2D eigenvalue weighted by molar-refractivity contribution is 0.104. The third-order valence-corrected chi connectivity index (χ3v) is 3.68.